The zero-order chi connectivity index (χ0) is 44.8. The predicted molar refractivity (Wildman–Crippen MR) is 238 cm³/mol. The number of carboxylic acid groups (broad SMARTS) is 1. The highest BCUT2D eigenvalue weighted by Crippen LogP contribution is 2.52. The van der Waals surface area contributed by atoms with Crippen LogP contribution in [0.2, 0.25) is 5.02 Å². The molecule has 18 heteroatoms. The number of carboxylic acids is 1. The van der Waals surface area contributed by atoms with Crippen LogP contribution in [-0.4, -0.2) is 131 Å². The maximum Gasteiger partial charge on any atom is 0.408 e. The molecular formula is C45H60ClN7O9S. The Balaban J connectivity index is 1.09. The van der Waals surface area contributed by atoms with E-state index in [0.29, 0.717) is 89.9 Å². The molecule has 3 amide bonds. The summed E-state index contributed by atoms with van der Waals surface area (Å²) in [7, 11) is 0. The van der Waals surface area contributed by atoms with Crippen molar-refractivity contribution in [3.63, 3.8) is 0 Å². The number of carbonyl (C=O) groups is 4. The Morgan fingerprint density at radius 3 is 2.44 bits per heavy atom. The molecule has 0 spiro atoms. The molecule has 2 aromatic heterocycles. The smallest absolute Gasteiger partial charge is 0.408 e. The van der Waals surface area contributed by atoms with E-state index in [2.05, 4.69) is 20.9 Å². The number of anilines is 1. The number of likely N-dealkylation sites (tertiary alicyclic amines) is 1. The average molecular weight is 911 g/mol. The first-order chi connectivity index (χ1) is 30.0. The minimum absolute atomic E-state index is 0.0295. The first kappa shape index (κ1) is 45.1. The highest BCUT2D eigenvalue weighted by Gasteiger charge is 2.61. The molecule has 3 aromatic rings. The van der Waals surface area contributed by atoms with Crippen molar-refractivity contribution in [3.05, 3.63) is 28.6 Å². The number of hydrogen-bond acceptors (Lipinski definition) is 13. The summed E-state index contributed by atoms with van der Waals surface area (Å²) in [6, 6.07) is 3.38. The second-order valence-electron chi connectivity index (χ2n) is 19.2. The van der Waals surface area contributed by atoms with Crippen molar-refractivity contribution in [3.8, 4) is 22.9 Å². The minimum atomic E-state index is -1.42. The fourth-order valence-corrected chi connectivity index (χ4v) is 10.5. The van der Waals surface area contributed by atoms with Crippen LogP contribution < -0.4 is 25.4 Å². The van der Waals surface area contributed by atoms with Gasteiger partial charge >= 0.3 is 12.1 Å². The van der Waals surface area contributed by atoms with Gasteiger partial charge in [0.15, 0.2) is 5.13 Å². The SMILES string of the molecule is CC[C@@H]1C[C@]1(NC(=O)[C@@H]1C[C@@H](Oc2cc(-c3csc(NC(C)C)n3)nc3c(Cl)c(OCCN4CCOCC4)ccc23)CN1C(=O)[C@@H](NC(=O)OC1CC2C[C@@H]2C1)C(C)(C)C)C(=O)O. The van der Waals surface area contributed by atoms with Gasteiger partial charge in [0, 0.05) is 48.9 Å². The summed E-state index contributed by atoms with van der Waals surface area (Å²) in [6.07, 6.45) is 2.11. The van der Waals surface area contributed by atoms with Gasteiger partial charge in [0.25, 0.3) is 0 Å². The number of amides is 3. The van der Waals surface area contributed by atoms with Crippen LogP contribution in [0.3, 0.4) is 0 Å². The molecule has 2 saturated heterocycles. The third-order valence-corrected chi connectivity index (χ3v) is 14.2. The van der Waals surface area contributed by atoms with Gasteiger partial charge in [-0.2, -0.15) is 0 Å². The molecule has 8 atom stereocenters. The summed E-state index contributed by atoms with van der Waals surface area (Å²) in [6.45, 7) is 15.6. The second kappa shape index (κ2) is 18.2. The summed E-state index contributed by atoms with van der Waals surface area (Å²) in [5.74, 6) is -0.376. The lowest BCUT2D eigenvalue weighted by Crippen LogP contribution is -2.59. The van der Waals surface area contributed by atoms with E-state index in [9.17, 15) is 24.3 Å². The van der Waals surface area contributed by atoms with Gasteiger partial charge < -0.3 is 44.9 Å². The van der Waals surface area contributed by atoms with E-state index in [0.717, 1.165) is 31.1 Å². The number of fused-ring (bicyclic) bond motifs is 2. The maximum absolute atomic E-state index is 14.8. The standard InChI is InChI=1S/C45H60ClN7O9S/c1-7-27-21-45(27,41(56)57)51-39(54)33-19-29(22-53(33)40(55)38(44(4,5)6)50-43(58)62-28-17-25-16-26(25)18-28)61-35-20-31(32-23-63-42(49-32)47-24(2)3)48-37-30(35)8-9-34(36(37)46)60-15-12-52-10-13-59-14-11-52/h8-9,20,23-29,33,38H,7,10-19,21-22H2,1-6H3,(H,47,49)(H,50,58)(H,51,54)(H,56,57)/t25-,26?,27-,28?,29-,33+,38-,45-/m1/s1. The summed E-state index contributed by atoms with van der Waals surface area (Å²) in [4.78, 5) is 68.5. The Hall–Kier alpha value is -4.45. The number of aliphatic carboxylic acids is 1. The van der Waals surface area contributed by atoms with Crippen molar-refractivity contribution in [2.75, 3.05) is 51.3 Å². The number of pyridine rings is 1. The van der Waals surface area contributed by atoms with Crippen LogP contribution in [-0.2, 0) is 23.9 Å². The Bertz CT molecular complexity index is 2200. The van der Waals surface area contributed by atoms with Crippen LogP contribution >= 0.6 is 22.9 Å². The van der Waals surface area contributed by atoms with Crippen LogP contribution in [0.1, 0.15) is 80.1 Å². The lowest BCUT2D eigenvalue weighted by Gasteiger charge is -2.35. The van der Waals surface area contributed by atoms with Crippen molar-refractivity contribution >= 4 is 62.8 Å². The zero-order valence-electron chi connectivity index (χ0n) is 36.9. The van der Waals surface area contributed by atoms with Crippen LogP contribution in [0.5, 0.6) is 11.5 Å². The van der Waals surface area contributed by atoms with E-state index in [4.69, 9.17) is 40.5 Å². The number of thiazole rings is 1. The summed E-state index contributed by atoms with van der Waals surface area (Å²) < 4.78 is 24.3. The molecule has 4 heterocycles. The van der Waals surface area contributed by atoms with Gasteiger partial charge in [0.05, 0.1) is 31.0 Å². The molecular weight excluding hydrogens is 850 g/mol. The van der Waals surface area contributed by atoms with E-state index in [1.807, 2.05) is 53.0 Å². The fourth-order valence-electron chi connectivity index (χ4n) is 9.38. The Morgan fingerprint density at radius 1 is 1.03 bits per heavy atom. The number of alkyl carbamates (subject to hydrolysis) is 1. The molecule has 2 unspecified atom stereocenters. The molecule has 2 aliphatic heterocycles. The molecule has 0 bridgehead atoms. The molecule has 1 aromatic carbocycles. The number of hydrogen-bond donors (Lipinski definition) is 4. The van der Waals surface area contributed by atoms with Gasteiger partial charge in [0.1, 0.15) is 58.7 Å². The molecule has 0 radical (unpaired) electrons. The Kier molecular flexibility index (Phi) is 13.0. The summed E-state index contributed by atoms with van der Waals surface area (Å²) in [5.41, 5.74) is -0.683. The number of morpholine rings is 1. The highest BCUT2D eigenvalue weighted by atomic mass is 35.5. The number of nitrogens with zero attached hydrogens (tertiary/aromatic N) is 4. The van der Waals surface area contributed by atoms with Gasteiger partial charge in [0.2, 0.25) is 11.8 Å². The highest BCUT2D eigenvalue weighted by molar-refractivity contribution is 7.14. The van der Waals surface area contributed by atoms with Gasteiger partial charge in [-0.1, -0.05) is 45.7 Å². The van der Waals surface area contributed by atoms with Crippen molar-refractivity contribution in [2.24, 2.45) is 23.2 Å². The summed E-state index contributed by atoms with van der Waals surface area (Å²) in [5, 5.41) is 22.7. The number of halogens is 1. The van der Waals surface area contributed by atoms with Crippen molar-refractivity contribution in [2.45, 2.75) is 116 Å². The van der Waals surface area contributed by atoms with E-state index >= 15 is 0 Å². The third kappa shape index (κ3) is 9.96. The number of nitrogens with one attached hydrogen (secondary N) is 3. The topological polar surface area (TPSA) is 194 Å². The number of aromatic nitrogens is 2. The van der Waals surface area contributed by atoms with E-state index in [1.165, 1.54) is 22.7 Å². The Morgan fingerprint density at radius 2 is 1.78 bits per heavy atom. The molecule has 3 aliphatic carbocycles. The van der Waals surface area contributed by atoms with Gasteiger partial charge in [-0.05, 0) is 74.8 Å². The number of benzene rings is 1. The normalized spacial score (nSPS) is 27.1. The first-order valence-corrected chi connectivity index (χ1v) is 23.6. The second-order valence-corrected chi connectivity index (χ2v) is 20.4. The zero-order valence-corrected chi connectivity index (χ0v) is 38.5. The van der Waals surface area contributed by atoms with E-state index in [1.54, 1.807) is 12.1 Å². The quantitative estimate of drug-likeness (QED) is 0.127. The monoisotopic (exact) mass is 909 g/mol. The van der Waals surface area contributed by atoms with Crippen LogP contribution in [0.25, 0.3) is 22.3 Å². The van der Waals surface area contributed by atoms with E-state index in [-0.39, 0.29) is 31.0 Å². The molecule has 16 nitrogen and oxygen atoms in total. The van der Waals surface area contributed by atoms with Crippen molar-refractivity contribution in [1.29, 1.82) is 0 Å². The average Bonchev–Trinajstić information content (AvgIpc) is 3.91. The van der Waals surface area contributed by atoms with Crippen LogP contribution in [0, 0.1) is 23.2 Å². The fraction of sp³-hybridized carbons (Fsp3) is 0.644. The van der Waals surface area contributed by atoms with Crippen molar-refractivity contribution in [1.82, 2.24) is 30.4 Å². The minimum Gasteiger partial charge on any atom is -0.491 e. The number of ether oxygens (including phenoxy) is 4. The first-order valence-electron chi connectivity index (χ1n) is 22.3. The van der Waals surface area contributed by atoms with Crippen molar-refractivity contribution < 1.29 is 43.2 Å². The molecule has 342 valence electrons. The van der Waals surface area contributed by atoms with Crippen LogP contribution in [0.15, 0.2) is 23.6 Å². The van der Waals surface area contributed by atoms with Crippen LogP contribution in [0.4, 0.5) is 9.93 Å². The molecule has 3 saturated carbocycles. The van der Waals surface area contributed by atoms with Gasteiger partial charge in [-0.15, -0.1) is 11.3 Å². The number of rotatable bonds is 16. The lowest BCUT2D eigenvalue weighted by molar-refractivity contribution is -0.146. The molecule has 4 N–H and O–H groups in total. The Labute approximate surface area is 377 Å². The third-order valence-electron chi connectivity index (χ3n) is 13.1. The van der Waals surface area contributed by atoms with Gasteiger partial charge in [-0.3, -0.25) is 14.5 Å². The van der Waals surface area contributed by atoms with Gasteiger partial charge in [-0.25, -0.2) is 19.6 Å². The van der Waals surface area contributed by atoms with E-state index < -0.39 is 53.0 Å². The number of carbonyl (C=O) groups excluding carboxylic acids is 3. The largest absolute Gasteiger partial charge is 0.491 e. The molecule has 5 fully saturated rings. The molecule has 8 rings (SSSR count). The lowest BCUT2D eigenvalue weighted by atomic mass is 9.85. The predicted octanol–water partition coefficient (Wildman–Crippen LogP) is 6.20. The summed E-state index contributed by atoms with van der Waals surface area (Å²) >= 11 is 8.55. The molecule has 5 aliphatic rings. The molecule has 63 heavy (non-hydrogen) atoms. The maximum atomic E-state index is 14.8.